The summed E-state index contributed by atoms with van der Waals surface area (Å²) in [6.45, 7) is 0. The molecule has 0 bridgehead atoms. The summed E-state index contributed by atoms with van der Waals surface area (Å²) in [5.41, 5.74) is -1.20. The number of halogens is 5. The number of aliphatic hydroxyl groups excluding tert-OH is 1. The summed E-state index contributed by atoms with van der Waals surface area (Å²) in [6.07, 6.45) is -5.76. The minimum absolute atomic E-state index is 0.0494. The third kappa shape index (κ3) is 3.17. The van der Waals surface area contributed by atoms with Crippen LogP contribution in [0.2, 0.25) is 0 Å². The molecule has 15 heavy (non-hydrogen) atoms. The lowest BCUT2D eigenvalue weighted by molar-refractivity contribution is -0.137. The first-order valence-electron chi connectivity index (χ1n) is 3.96. The van der Waals surface area contributed by atoms with Crippen LogP contribution in [0.25, 0.3) is 0 Å². The lowest BCUT2D eigenvalue weighted by atomic mass is 10.1. The molecule has 0 aliphatic heterocycles. The van der Waals surface area contributed by atoms with Crippen molar-refractivity contribution in [3.8, 4) is 0 Å². The Morgan fingerprint density at radius 1 is 1.27 bits per heavy atom. The van der Waals surface area contributed by atoms with E-state index in [-0.39, 0.29) is 10.9 Å². The number of hydrogen-bond acceptors (Lipinski definition) is 1. The lowest BCUT2D eigenvalue weighted by Gasteiger charge is -2.12. The molecule has 0 spiro atoms. The standard InChI is InChI=1S/C9H7BrF4O/c10-4-8(15)5-1-6(9(12,13)14)3-7(11)2-5/h1-3,8,15H,4H2. The van der Waals surface area contributed by atoms with Crippen molar-refractivity contribution in [1.29, 1.82) is 0 Å². The van der Waals surface area contributed by atoms with Crippen molar-refractivity contribution in [2.45, 2.75) is 12.3 Å². The van der Waals surface area contributed by atoms with Crippen LogP contribution in [0, 0.1) is 5.82 Å². The zero-order valence-corrected chi connectivity index (χ0v) is 8.94. The van der Waals surface area contributed by atoms with E-state index in [9.17, 15) is 22.7 Å². The average molecular weight is 287 g/mol. The van der Waals surface area contributed by atoms with E-state index in [0.717, 1.165) is 12.1 Å². The highest BCUT2D eigenvalue weighted by atomic mass is 79.9. The van der Waals surface area contributed by atoms with Gasteiger partial charge < -0.3 is 5.11 Å². The Morgan fingerprint density at radius 3 is 2.33 bits per heavy atom. The molecule has 1 atom stereocenters. The average Bonchev–Trinajstić information content (AvgIpc) is 2.14. The van der Waals surface area contributed by atoms with Crippen LogP contribution >= 0.6 is 15.9 Å². The highest BCUT2D eigenvalue weighted by Crippen LogP contribution is 2.31. The summed E-state index contributed by atoms with van der Waals surface area (Å²) in [5, 5.41) is 9.31. The zero-order chi connectivity index (χ0) is 11.6. The van der Waals surface area contributed by atoms with Crippen molar-refractivity contribution >= 4 is 15.9 Å². The quantitative estimate of drug-likeness (QED) is 0.654. The van der Waals surface area contributed by atoms with E-state index in [1.54, 1.807) is 0 Å². The Morgan fingerprint density at radius 2 is 1.87 bits per heavy atom. The fourth-order valence-corrected chi connectivity index (χ4v) is 1.43. The molecular weight excluding hydrogens is 280 g/mol. The van der Waals surface area contributed by atoms with Crippen LogP contribution < -0.4 is 0 Å². The number of rotatable bonds is 2. The zero-order valence-electron chi connectivity index (χ0n) is 7.35. The van der Waals surface area contributed by atoms with Gasteiger partial charge in [0.1, 0.15) is 5.82 Å². The van der Waals surface area contributed by atoms with Gasteiger partial charge in [0.2, 0.25) is 0 Å². The smallest absolute Gasteiger partial charge is 0.388 e. The molecule has 1 aromatic carbocycles. The van der Waals surface area contributed by atoms with Gasteiger partial charge in [-0.05, 0) is 23.8 Å². The Hall–Kier alpha value is -0.620. The first-order valence-corrected chi connectivity index (χ1v) is 5.08. The van der Waals surface area contributed by atoms with E-state index < -0.39 is 23.7 Å². The largest absolute Gasteiger partial charge is 0.416 e. The second kappa shape index (κ2) is 4.49. The van der Waals surface area contributed by atoms with Gasteiger partial charge in [-0.15, -0.1) is 0 Å². The number of alkyl halides is 4. The molecule has 6 heteroatoms. The SMILES string of the molecule is OC(CBr)c1cc(F)cc(C(F)(F)F)c1. The molecule has 0 aromatic heterocycles. The maximum absolute atomic E-state index is 12.8. The van der Waals surface area contributed by atoms with E-state index in [1.807, 2.05) is 0 Å². The topological polar surface area (TPSA) is 20.2 Å². The van der Waals surface area contributed by atoms with Crippen molar-refractivity contribution in [3.63, 3.8) is 0 Å². The summed E-state index contributed by atoms with van der Waals surface area (Å²) in [6, 6.07) is 2.00. The molecule has 0 aliphatic carbocycles. The van der Waals surface area contributed by atoms with Gasteiger partial charge in [0.15, 0.2) is 0 Å². The predicted molar refractivity (Wildman–Crippen MR) is 50.2 cm³/mol. The predicted octanol–water partition coefficient (Wildman–Crippen LogP) is 3.27. The third-order valence-electron chi connectivity index (χ3n) is 1.78. The van der Waals surface area contributed by atoms with Crippen LogP contribution in [-0.2, 0) is 6.18 Å². The Labute approximate surface area is 91.9 Å². The fraction of sp³-hybridized carbons (Fsp3) is 0.333. The Balaban J connectivity index is 3.17. The summed E-state index contributed by atoms with van der Waals surface area (Å²) < 4.78 is 49.6. The third-order valence-corrected chi connectivity index (χ3v) is 2.39. The lowest BCUT2D eigenvalue weighted by Crippen LogP contribution is -2.08. The van der Waals surface area contributed by atoms with Gasteiger partial charge in [0.25, 0.3) is 0 Å². The van der Waals surface area contributed by atoms with E-state index in [1.165, 1.54) is 0 Å². The summed E-state index contributed by atoms with van der Waals surface area (Å²) in [4.78, 5) is 0. The monoisotopic (exact) mass is 286 g/mol. The summed E-state index contributed by atoms with van der Waals surface area (Å²) >= 11 is 2.90. The minimum Gasteiger partial charge on any atom is -0.388 e. The number of hydrogen-bond donors (Lipinski definition) is 1. The molecule has 0 heterocycles. The van der Waals surface area contributed by atoms with Crippen LogP contribution in [0.3, 0.4) is 0 Å². The van der Waals surface area contributed by atoms with Gasteiger partial charge in [-0.3, -0.25) is 0 Å². The molecule has 0 saturated carbocycles. The van der Waals surface area contributed by atoms with Gasteiger partial charge in [-0.2, -0.15) is 13.2 Å². The second-order valence-corrected chi connectivity index (χ2v) is 3.59. The van der Waals surface area contributed by atoms with Crippen LogP contribution in [0.15, 0.2) is 18.2 Å². The van der Waals surface area contributed by atoms with Gasteiger partial charge in [-0.1, -0.05) is 15.9 Å². The first kappa shape index (κ1) is 12.4. The Kier molecular flexibility index (Phi) is 3.72. The molecule has 1 rings (SSSR count). The Bertz CT molecular complexity index is 350. The van der Waals surface area contributed by atoms with Crippen LogP contribution in [0.4, 0.5) is 17.6 Å². The molecule has 1 unspecified atom stereocenters. The van der Waals surface area contributed by atoms with E-state index in [4.69, 9.17) is 0 Å². The molecule has 1 aromatic rings. The highest BCUT2D eigenvalue weighted by Gasteiger charge is 2.31. The molecule has 0 amide bonds. The van der Waals surface area contributed by atoms with Crippen LogP contribution in [-0.4, -0.2) is 10.4 Å². The maximum atomic E-state index is 12.8. The van der Waals surface area contributed by atoms with Crippen molar-refractivity contribution in [1.82, 2.24) is 0 Å². The summed E-state index contributed by atoms with van der Waals surface area (Å²) in [5.74, 6) is -1.01. The van der Waals surface area contributed by atoms with E-state index in [2.05, 4.69) is 15.9 Å². The van der Waals surface area contributed by atoms with Crippen LogP contribution in [0.5, 0.6) is 0 Å². The van der Waals surface area contributed by atoms with Crippen molar-refractivity contribution in [2.75, 3.05) is 5.33 Å². The molecule has 0 saturated heterocycles. The number of aliphatic hydroxyl groups is 1. The van der Waals surface area contributed by atoms with E-state index >= 15 is 0 Å². The van der Waals surface area contributed by atoms with Gasteiger partial charge in [0, 0.05) is 5.33 Å². The van der Waals surface area contributed by atoms with Gasteiger partial charge >= 0.3 is 6.18 Å². The number of benzene rings is 1. The van der Waals surface area contributed by atoms with Crippen molar-refractivity contribution in [2.24, 2.45) is 0 Å². The van der Waals surface area contributed by atoms with E-state index in [0.29, 0.717) is 6.07 Å². The highest BCUT2D eigenvalue weighted by molar-refractivity contribution is 9.09. The second-order valence-electron chi connectivity index (χ2n) is 2.94. The van der Waals surface area contributed by atoms with Crippen LogP contribution in [0.1, 0.15) is 17.2 Å². The first-order chi connectivity index (χ1) is 6.84. The van der Waals surface area contributed by atoms with Crippen molar-refractivity contribution < 1.29 is 22.7 Å². The molecule has 1 nitrogen and oxygen atoms in total. The van der Waals surface area contributed by atoms with Crippen molar-refractivity contribution in [3.05, 3.63) is 35.1 Å². The molecular formula is C9H7BrF4O. The van der Waals surface area contributed by atoms with Gasteiger partial charge in [0.05, 0.1) is 11.7 Å². The molecule has 0 aliphatic rings. The minimum atomic E-state index is -4.61. The molecule has 0 fully saturated rings. The summed E-state index contributed by atoms with van der Waals surface area (Å²) in [7, 11) is 0. The fourth-order valence-electron chi connectivity index (χ4n) is 1.06. The van der Waals surface area contributed by atoms with Gasteiger partial charge in [-0.25, -0.2) is 4.39 Å². The normalized spacial score (nSPS) is 14.0. The molecule has 0 radical (unpaired) electrons. The maximum Gasteiger partial charge on any atom is 0.416 e. The molecule has 84 valence electrons. The molecule has 1 N–H and O–H groups in total.